The summed E-state index contributed by atoms with van der Waals surface area (Å²) in [5.41, 5.74) is 1.90. The average molecular weight is 359 g/mol. The first-order valence-corrected chi connectivity index (χ1v) is 8.25. The number of carbonyl (C=O) groups is 1. The summed E-state index contributed by atoms with van der Waals surface area (Å²) in [4.78, 5) is 12.8. The molecule has 2 rings (SSSR count). The van der Waals surface area contributed by atoms with Crippen molar-refractivity contribution in [2.45, 2.75) is 29.5 Å². The van der Waals surface area contributed by atoms with Gasteiger partial charge in [-0.1, -0.05) is 23.1 Å². The van der Waals surface area contributed by atoms with Gasteiger partial charge in [0, 0.05) is 23.5 Å². The standard InChI is InChI=1S/C14H18N4OS2.ClH/c1-9-8-11(21-14-18-17-10(2)20-14)4-5-12(9)16-13(19)6-7-15-3;/h4-5,8,15H,6-7H2,1-3H3,(H,16,19);1H. The van der Waals surface area contributed by atoms with E-state index in [1.807, 2.05) is 33.0 Å². The Morgan fingerprint density at radius 2 is 2.09 bits per heavy atom. The minimum absolute atomic E-state index is 0. The van der Waals surface area contributed by atoms with Crippen molar-refractivity contribution < 1.29 is 4.79 Å². The molecule has 0 atom stereocenters. The first-order valence-electron chi connectivity index (χ1n) is 6.61. The van der Waals surface area contributed by atoms with Crippen molar-refractivity contribution in [1.82, 2.24) is 15.5 Å². The molecule has 0 radical (unpaired) electrons. The van der Waals surface area contributed by atoms with Gasteiger partial charge in [-0.25, -0.2) is 0 Å². The van der Waals surface area contributed by atoms with E-state index in [-0.39, 0.29) is 18.3 Å². The predicted octanol–water partition coefficient (Wildman–Crippen LogP) is 3.28. The number of anilines is 1. The third-order valence-corrected chi connectivity index (χ3v) is 4.67. The SMILES string of the molecule is CNCCC(=O)Nc1ccc(Sc2nnc(C)s2)cc1C.Cl. The minimum Gasteiger partial charge on any atom is -0.326 e. The molecule has 0 bridgehead atoms. The van der Waals surface area contributed by atoms with Crippen LogP contribution in [0.15, 0.2) is 27.4 Å². The van der Waals surface area contributed by atoms with Gasteiger partial charge in [0.05, 0.1) is 0 Å². The molecule has 1 heterocycles. The Morgan fingerprint density at radius 1 is 1.32 bits per heavy atom. The number of aryl methyl sites for hydroxylation is 2. The zero-order valence-corrected chi connectivity index (χ0v) is 15.1. The number of hydrogen-bond donors (Lipinski definition) is 2. The number of nitrogens with zero attached hydrogens (tertiary/aromatic N) is 2. The van der Waals surface area contributed by atoms with E-state index in [1.165, 1.54) is 0 Å². The summed E-state index contributed by atoms with van der Waals surface area (Å²) < 4.78 is 0.928. The van der Waals surface area contributed by atoms with E-state index in [0.717, 1.165) is 25.5 Å². The molecule has 0 fully saturated rings. The van der Waals surface area contributed by atoms with Crippen molar-refractivity contribution >= 4 is 47.1 Å². The van der Waals surface area contributed by atoms with Gasteiger partial charge in [0.1, 0.15) is 5.01 Å². The van der Waals surface area contributed by atoms with Crippen LogP contribution in [-0.2, 0) is 4.79 Å². The van der Waals surface area contributed by atoms with Gasteiger partial charge in [0.25, 0.3) is 0 Å². The van der Waals surface area contributed by atoms with Gasteiger partial charge < -0.3 is 10.6 Å². The summed E-state index contributed by atoms with van der Waals surface area (Å²) in [5, 5.41) is 15.0. The van der Waals surface area contributed by atoms with E-state index < -0.39 is 0 Å². The van der Waals surface area contributed by atoms with Crippen molar-refractivity contribution in [3.05, 3.63) is 28.8 Å². The van der Waals surface area contributed by atoms with Crippen LogP contribution < -0.4 is 10.6 Å². The molecule has 2 N–H and O–H groups in total. The van der Waals surface area contributed by atoms with E-state index in [9.17, 15) is 4.79 Å². The Kier molecular flexibility index (Phi) is 7.81. The Balaban J connectivity index is 0.00000242. The molecule has 0 aliphatic heterocycles. The van der Waals surface area contributed by atoms with Crippen molar-refractivity contribution in [1.29, 1.82) is 0 Å². The maximum atomic E-state index is 11.7. The highest BCUT2D eigenvalue weighted by Gasteiger charge is 2.07. The molecule has 5 nitrogen and oxygen atoms in total. The predicted molar refractivity (Wildman–Crippen MR) is 94.4 cm³/mol. The number of nitrogens with one attached hydrogen (secondary N) is 2. The zero-order valence-electron chi connectivity index (χ0n) is 12.7. The van der Waals surface area contributed by atoms with Crippen LogP contribution in [0.2, 0.25) is 0 Å². The second-order valence-corrected chi connectivity index (χ2v) is 7.07. The Labute approximate surface area is 144 Å². The number of halogens is 1. The quantitative estimate of drug-likeness (QED) is 0.829. The summed E-state index contributed by atoms with van der Waals surface area (Å²) in [6.07, 6.45) is 0.469. The molecule has 1 aromatic heterocycles. The Hall–Kier alpha value is -1.15. The van der Waals surface area contributed by atoms with Gasteiger partial charge in [-0.3, -0.25) is 4.79 Å². The second-order valence-electron chi connectivity index (χ2n) is 4.57. The van der Waals surface area contributed by atoms with Gasteiger partial charge >= 0.3 is 0 Å². The number of hydrogen-bond acceptors (Lipinski definition) is 6. The molecule has 22 heavy (non-hydrogen) atoms. The molecule has 0 unspecified atom stereocenters. The van der Waals surface area contributed by atoms with Gasteiger partial charge in [-0.2, -0.15) is 0 Å². The van der Waals surface area contributed by atoms with Crippen LogP contribution in [0.4, 0.5) is 5.69 Å². The lowest BCUT2D eigenvalue weighted by Crippen LogP contribution is -2.19. The highest BCUT2D eigenvalue weighted by atomic mass is 35.5. The Morgan fingerprint density at radius 3 is 2.68 bits per heavy atom. The third-order valence-electron chi connectivity index (χ3n) is 2.79. The Bertz CT molecular complexity index is 633. The lowest BCUT2D eigenvalue weighted by molar-refractivity contribution is -0.116. The van der Waals surface area contributed by atoms with E-state index in [0.29, 0.717) is 13.0 Å². The number of aromatic nitrogens is 2. The molecule has 0 aliphatic rings. The second kappa shape index (κ2) is 9.09. The summed E-state index contributed by atoms with van der Waals surface area (Å²) in [6.45, 7) is 4.61. The fraction of sp³-hybridized carbons (Fsp3) is 0.357. The van der Waals surface area contributed by atoms with Crippen molar-refractivity contribution in [2.24, 2.45) is 0 Å². The molecular formula is C14H19ClN4OS2. The lowest BCUT2D eigenvalue weighted by Gasteiger charge is -2.09. The van der Waals surface area contributed by atoms with E-state index in [1.54, 1.807) is 23.1 Å². The molecular weight excluding hydrogens is 340 g/mol. The largest absolute Gasteiger partial charge is 0.326 e. The summed E-state index contributed by atoms with van der Waals surface area (Å²) >= 11 is 3.16. The van der Waals surface area contributed by atoms with Gasteiger partial charge in [0.15, 0.2) is 4.34 Å². The molecule has 1 aromatic carbocycles. The maximum Gasteiger partial charge on any atom is 0.225 e. The first-order chi connectivity index (χ1) is 10.1. The van der Waals surface area contributed by atoms with Crippen LogP contribution in [-0.4, -0.2) is 29.7 Å². The first kappa shape index (κ1) is 18.9. The fourth-order valence-electron chi connectivity index (χ4n) is 1.71. The molecule has 0 saturated carbocycles. The zero-order chi connectivity index (χ0) is 15.2. The van der Waals surface area contributed by atoms with Gasteiger partial charge in [-0.05, 0) is 44.7 Å². The molecule has 0 aliphatic carbocycles. The molecule has 0 saturated heterocycles. The average Bonchev–Trinajstić information content (AvgIpc) is 2.85. The smallest absolute Gasteiger partial charge is 0.225 e. The highest BCUT2D eigenvalue weighted by Crippen LogP contribution is 2.32. The molecule has 120 valence electrons. The van der Waals surface area contributed by atoms with Gasteiger partial charge in [-0.15, -0.1) is 22.6 Å². The normalized spacial score (nSPS) is 10.1. The van der Waals surface area contributed by atoms with Crippen LogP contribution in [0.3, 0.4) is 0 Å². The summed E-state index contributed by atoms with van der Waals surface area (Å²) in [7, 11) is 1.83. The number of carbonyl (C=O) groups excluding carboxylic acids is 1. The van der Waals surface area contributed by atoms with Crippen molar-refractivity contribution in [2.75, 3.05) is 18.9 Å². The fourth-order valence-corrected chi connectivity index (χ4v) is 3.60. The molecule has 2 aromatic rings. The van der Waals surface area contributed by atoms with E-state index in [2.05, 4.69) is 26.9 Å². The summed E-state index contributed by atoms with van der Waals surface area (Å²) in [6, 6.07) is 5.97. The third kappa shape index (κ3) is 5.57. The van der Waals surface area contributed by atoms with Crippen LogP contribution in [0, 0.1) is 13.8 Å². The van der Waals surface area contributed by atoms with Crippen LogP contribution >= 0.6 is 35.5 Å². The lowest BCUT2D eigenvalue weighted by atomic mass is 10.2. The number of rotatable bonds is 6. The molecule has 1 amide bonds. The minimum atomic E-state index is 0. The topological polar surface area (TPSA) is 66.9 Å². The van der Waals surface area contributed by atoms with Crippen molar-refractivity contribution in [3.8, 4) is 0 Å². The van der Waals surface area contributed by atoms with Crippen LogP contribution in [0.1, 0.15) is 17.0 Å². The van der Waals surface area contributed by atoms with E-state index >= 15 is 0 Å². The highest BCUT2D eigenvalue weighted by molar-refractivity contribution is 8.01. The van der Waals surface area contributed by atoms with Gasteiger partial charge in [0.2, 0.25) is 5.91 Å². The maximum absolute atomic E-state index is 11.7. The van der Waals surface area contributed by atoms with Crippen molar-refractivity contribution in [3.63, 3.8) is 0 Å². The van der Waals surface area contributed by atoms with Crippen LogP contribution in [0.5, 0.6) is 0 Å². The van der Waals surface area contributed by atoms with E-state index in [4.69, 9.17) is 0 Å². The monoisotopic (exact) mass is 358 g/mol. The molecule has 8 heteroatoms. The summed E-state index contributed by atoms with van der Waals surface area (Å²) in [5.74, 6) is 0.0209. The molecule has 0 spiro atoms. The number of benzene rings is 1. The van der Waals surface area contributed by atoms with Crippen LogP contribution in [0.25, 0.3) is 0 Å². The number of amides is 1.